The Balaban J connectivity index is 2.25. The minimum atomic E-state index is -3.83. The molecule has 0 bridgehead atoms. The Bertz CT molecular complexity index is 779. The van der Waals surface area contributed by atoms with Gasteiger partial charge in [0.15, 0.2) is 0 Å². The minimum absolute atomic E-state index is 0.0375. The standard InChI is InChI=1S/C14H14ClFN2O2S/c1-9-5-12(15)14(7-13(9)17)21(19,20)18-8-10-3-2-4-11(16)6-10/h2-7,18H,8,17H2,1H3. The summed E-state index contributed by atoms with van der Waals surface area (Å²) in [6.45, 7) is 1.70. The van der Waals surface area contributed by atoms with E-state index in [-0.39, 0.29) is 16.5 Å². The van der Waals surface area contributed by atoms with Crippen LogP contribution in [0.1, 0.15) is 11.1 Å². The van der Waals surface area contributed by atoms with Crippen molar-refractivity contribution in [3.05, 3.63) is 58.4 Å². The first-order chi connectivity index (χ1) is 9.79. The van der Waals surface area contributed by atoms with E-state index in [0.717, 1.165) is 0 Å². The summed E-state index contributed by atoms with van der Waals surface area (Å²) in [6, 6.07) is 8.48. The normalized spacial score (nSPS) is 11.6. The third kappa shape index (κ3) is 3.72. The van der Waals surface area contributed by atoms with Gasteiger partial charge >= 0.3 is 0 Å². The summed E-state index contributed by atoms with van der Waals surface area (Å²) in [5.74, 6) is -0.427. The first kappa shape index (κ1) is 15.8. The molecule has 0 aliphatic carbocycles. The second kappa shape index (κ2) is 6.01. The van der Waals surface area contributed by atoms with Crippen LogP contribution in [-0.2, 0) is 16.6 Å². The molecule has 21 heavy (non-hydrogen) atoms. The smallest absolute Gasteiger partial charge is 0.242 e. The fourth-order valence-electron chi connectivity index (χ4n) is 1.78. The van der Waals surface area contributed by atoms with E-state index in [1.54, 1.807) is 13.0 Å². The van der Waals surface area contributed by atoms with Gasteiger partial charge in [0.1, 0.15) is 10.7 Å². The predicted molar refractivity (Wildman–Crippen MR) is 81.0 cm³/mol. The van der Waals surface area contributed by atoms with E-state index >= 15 is 0 Å². The van der Waals surface area contributed by atoms with Crippen molar-refractivity contribution in [2.75, 3.05) is 5.73 Å². The lowest BCUT2D eigenvalue weighted by Gasteiger charge is -2.10. The first-order valence-electron chi connectivity index (χ1n) is 6.09. The zero-order valence-corrected chi connectivity index (χ0v) is 12.8. The molecular weight excluding hydrogens is 315 g/mol. The molecule has 0 amide bonds. The van der Waals surface area contributed by atoms with Crippen molar-refractivity contribution in [1.82, 2.24) is 4.72 Å². The quantitative estimate of drug-likeness (QED) is 0.848. The lowest BCUT2D eigenvalue weighted by atomic mass is 10.2. The fourth-order valence-corrected chi connectivity index (χ4v) is 3.41. The molecule has 2 rings (SSSR count). The van der Waals surface area contributed by atoms with Crippen LogP contribution in [0.2, 0.25) is 5.02 Å². The van der Waals surface area contributed by atoms with Crippen LogP contribution in [0.5, 0.6) is 0 Å². The van der Waals surface area contributed by atoms with Crippen molar-refractivity contribution in [3.8, 4) is 0 Å². The predicted octanol–water partition coefficient (Wildman–Crippen LogP) is 2.85. The molecule has 0 unspecified atom stereocenters. The molecule has 3 N–H and O–H groups in total. The molecule has 0 radical (unpaired) electrons. The van der Waals surface area contributed by atoms with E-state index in [9.17, 15) is 12.8 Å². The number of anilines is 1. The summed E-state index contributed by atoms with van der Waals surface area (Å²) in [5, 5.41) is 0.0912. The van der Waals surface area contributed by atoms with Crippen LogP contribution < -0.4 is 10.5 Å². The molecule has 2 aromatic carbocycles. The molecule has 112 valence electrons. The summed E-state index contributed by atoms with van der Waals surface area (Å²) in [5.41, 5.74) is 7.26. The van der Waals surface area contributed by atoms with E-state index < -0.39 is 15.8 Å². The van der Waals surface area contributed by atoms with Crippen LogP contribution in [0.25, 0.3) is 0 Å². The summed E-state index contributed by atoms with van der Waals surface area (Å²) in [4.78, 5) is -0.0938. The molecule has 0 aromatic heterocycles. The minimum Gasteiger partial charge on any atom is -0.398 e. The molecule has 2 aromatic rings. The van der Waals surface area contributed by atoms with Crippen molar-refractivity contribution < 1.29 is 12.8 Å². The average Bonchev–Trinajstić information content (AvgIpc) is 2.41. The largest absolute Gasteiger partial charge is 0.398 e. The summed E-state index contributed by atoms with van der Waals surface area (Å²) in [6.07, 6.45) is 0. The maximum Gasteiger partial charge on any atom is 0.242 e. The van der Waals surface area contributed by atoms with E-state index in [1.165, 1.54) is 30.3 Å². The summed E-state index contributed by atoms with van der Waals surface area (Å²) >= 11 is 5.96. The van der Waals surface area contributed by atoms with Gasteiger partial charge in [-0.2, -0.15) is 0 Å². The molecule has 0 saturated heterocycles. The zero-order chi connectivity index (χ0) is 15.6. The summed E-state index contributed by atoms with van der Waals surface area (Å²) in [7, 11) is -3.83. The van der Waals surface area contributed by atoms with Crippen molar-refractivity contribution in [2.45, 2.75) is 18.4 Å². The van der Waals surface area contributed by atoms with E-state index in [1.807, 2.05) is 0 Å². The second-order valence-corrected chi connectivity index (χ2v) is 6.74. The van der Waals surface area contributed by atoms with Crippen molar-refractivity contribution in [1.29, 1.82) is 0 Å². The number of nitrogens with one attached hydrogen (secondary N) is 1. The van der Waals surface area contributed by atoms with Gasteiger partial charge in [-0.05, 0) is 42.3 Å². The Morgan fingerprint density at radius 2 is 2.00 bits per heavy atom. The van der Waals surface area contributed by atoms with Gasteiger partial charge in [0.05, 0.1) is 5.02 Å². The topological polar surface area (TPSA) is 72.2 Å². The molecule has 0 spiro atoms. The van der Waals surface area contributed by atoms with Crippen LogP contribution in [0, 0.1) is 12.7 Å². The van der Waals surface area contributed by atoms with Crippen molar-refractivity contribution in [3.63, 3.8) is 0 Å². The van der Waals surface area contributed by atoms with E-state index in [4.69, 9.17) is 17.3 Å². The average molecular weight is 329 g/mol. The molecule has 0 heterocycles. The third-order valence-electron chi connectivity index (χ3n) is 2.97. The number of sulfonamides is 1. The van der Waals surface area contributed by atoms with Gasteiger partial charge in [-0.3, -0.25) is 0 Å². The molecule has 0 saturated carbocycles. The van der Waals surface area contributed by atoms with Crippen molar-refractivity contribution >= 4 is 27.3 Å². The maximum atomic E-state index is 13.1. The fraction of sp³-hybridized carbons (Fsp3) is 0.143. The number of nitrogen functional groups attached to an aromatic ring is 1. The van der Waals surface area contributed by atoms with E-state index in [0.29, 0.717) is 16.8 Å². The lowest BCUT2D eigenvalue weighted by Crippen LogP contribution is -2.23. The molecule has 0 atom stereocenters. The van der Waals surface area contributed by atoms with Gasteiger partial charge in [0.25, 0.3) is 0 Å². The number of hydrogen-bond donors (Lipinski definition) is 2. The van der Waals surface area contributed by atoms with Gasteiger partial charge in [-0.15, -0.1) is 0 Å². The molecule has 7 heteroatoms. The van der Waals surface area contributed by atoms with Crippen LogP contribution in [0.15, 0.2) is 41.3 Å². The first-order valence-corrected chi connectivity index (χ1v) is 7.95. The molecule has 0 fully saturated rings. The van der Waals surface area contributed by atoms with E-state index in [2.05, 4.69) is 4.72 Å². The van der Waals surface area contributed by atoms with Gasteiger partial charge in [0.2, 0.25) is 10.0 Å². The Kier molecular flexibility index (Phi) is 4.51. The Morgan fingerprint density at radius 1 is 1.29 bits per heavy atom. The number of rotatable bonds is 4. The zero-order valence-electron chi connectivity index (χ0n) is 11.2. The number of hydrogen-bond acceptors (Lipinski definition) is 3. The monoisotopic (exact) mass is 328 g/mol. The highest BCUT2D eigenvalue weighted by Gasteiger charge is 2.19. The van der Waals surface area contributed by atoms with Crippen LogP contribution in [-0.4, -0.2) is 8.42 Å². The highest BCUT2D eigenvalue weighted by Crippen LogP contribution is 2.26. The Labute approximate surface area is 127 Å². The van der Waals surface area contributed by atoms with Crippen LogP contribution in [0.4, 0.5) is 10.1 Å². The number of benzene rings is 2. The highest BCUT2D eigenvalue weighted by atomic mass is 35.5. The highest BCUT2D eigenvalue weighted by molar-refractivity contribution is 7.89. The van der Waals surface area contributed by atoms with Crippen molar-refractivity contribution in [2.24, 2.45) is 0 Å². The van der Waals surface area contributed by atoms with Gasteiger partial charge < -0.3 is 5.73 Å². The molecule has 0 aliphatic rings. The number of nitrogens with two attached hydrogens (primary N) is 1. The summed E-state index contributed by atoms with van der Waals surface area (Å²) < 4.78 is 39.9. The SMILES string of the molecule is Cc1cc(Cl)c(S(=O)(=O)NCc2cccc(F)c2)cc1N. The van der Waals surface area contributed by atoms with Gasteiger partial charge in [0, 0.05) is 12.2 Å². The number of aryl methyl sites for hydroxylation is 1. The molecule has 4 nitrogen and oxygen atoms in total. The maximum absolute atomic E-state index is 13.1. The van der Waals surface area contributed by atoms with Crippen LogP contribution >= 0.6 is 11.6 Å². The van der Waals surface area contributed by atoms with Crippen LogP contribution in [0.3, 0.4) is 0 Å². The Hall–Kier alpha value is -1.63. The van der Waals surface area contributed by atoms with Gasteiger partial charge in [-0.1, -0.05) is 23.7 Å². The number of halogens is 2. The third-order valence-corrected chi connectivity index (χ3v) is 4.83. The Morgan fingerprint density at radius 3 is 2.67 bits per heavy atom. The second-order valence-electron chi connectivity index (χ2n) is 4.59. The lowest BCUT2D eigenvalue weighted by molar-refractivity contribution is 0.580. The molecule has 0 aliphatic heterocycles. The van der Waals surface area contributed by atoms with Gasteiger partial charge in [-0.25, -0.2) is 17.5 Å². The molecular formula is C14H14ClFN2O2S.